The fourth-order valence-electron chi connectivity index (χ4n) is 4.04. The number of piperidine rings is 1. The summed E-state index contributed by atoms with van der Waals surface area (Å²) < 4.78 is 5.23. The first-order chi connectivity index (χ1) is 14.6. The van der Waals surface area contributed by atoms with Crippen LogP contribution in [0.15, 0.2) is 58.5 Å². The van der Waals surface area contributed by atoms with Crippen LogP contribution in [-0.4, -0.2) is 34.7 Å². The third-order valence-corrected chi connectivity index (χ3v) is 6.69. The van der Waals surface area contributed by atoms with E-state index in [1.165, 1.54) is 11.3 Å². The van der Waals surface area contributed by atoms with Crippen molar-refractivity contribution in [1.82, 2.24) is 15.2 Å². The van der Waals surface area contributed by atoms with Crippen LogP contribution in [0.3, 0.4) is 0 Å². The molecule has 4 rings (SSSR count). The Labute approximate surface area is 179 Å². The number of nitrogens with zero attached hydrogens (tertiary/aromatic N) is 2. The summed E-state index contributed by atoms with van der Waals surface area (Å²) in [6.07, 6.45) is 3.18. The summed E-state index contributed by atoms with van der Waals surface area (Å²) >= 11 is 1.49. The molecule has 0 spiro atoms. The van der Waals surface area contributed by atoms with Crippen LogP contribution in [0.4, 0.5) is 0 Å². The molecule has 0 atom stereocenters. The largest absolute Gasteiger partial charge is 0.467 e. The molecule has 2 aromatic heterocycles. The Morgan fingerprint density at radius 2 is 1.93 bits per heavy atom. The number of thiazole rings is 1. The number of amides is 1. The SMILES string of the molecule is CC(=O)C1(c2ccccc2)CCN(Cc2nc(C(=O)NCc3ccco3)cs2)CC1. The van der Waals surface area contributed by atoms with Gasteiger partial charge < -0.3 is 9.73 Å². The fourth-order valence-corrected chi connectivity index (χ4v) is 4.86. The minimum atomic E-state index is -0.391. The van der Waals surface area contributed by atoms with Gasteiger partial charge in [0.15, 0.2) is 0 Å². The molecule has 156 valence electrons. The van der Waals surface area contributed by atoms with E-state index in [1.54, 1.807) is 24.6 Å². The number of aromatic nitrogens is 1. The summed E-state index contributed by atoms with van der Waals surface area (Å²) in [5.74, 6) is 0.741. The number of likely N-dealkylation sites (tertiary alicyclic amines) is 1. The summed E-state index contributed by atoms with van der Waals surface area (Å²) in [7, 11) is 0. The maximum atomic E-state index is 12.5. The molecule has 1 saturated heterocycles. The first-order valence-electron chi connectivity index (χ1n) is 10.1. The molecule has 7 heteroatoms. The predicted molar refractivity (Wildman–Crippen MR) is 115 cm³/mol. The molecule has 0 radical (unpaired) electrons. The molecule has 0 unspecified atom stereocenters. The summed E-state index contributed by atoms with van der Waals surface area (Å²) in [6, 6.07) is 13.7. The molecule has 1 aliphatic heterocycles. The van der Waals surface area contributed by atoms with E-state index < -0.39 is 5.41 Å². The molecule has 1 fully saturated rings. The number of hydrogen-bond donors (Lipinski definition) is 1. The molecular weight excluding hydrogens is 398 g/mol. The predicted octanol–water partition coefficient (Wildman–Crippen LogP) is 3.79. The lowest BCUT2D eigenvalue weighted by Crippen LogP contribution is -2.46. The maximum absolute atomic E-state index is 12.5. The van der Waals surface area contributed by atoms with Gasteiger partial charge in [0.05, 0.1) is 24.8 Å². The molecule has 30 heavy (non-hydrogen) atoms. The average molecular weight is 424 g/mol. The zero-order valence-electron chi connectivity index (χ0n) is 17.0. The zero-order valence-corrected chi connectivity index (χ0v) is 17.8. The molecule has 3 aromatic rings. The molecular formula is C23H25N3O3S. The molecule has 1 aliphatic rings. The zero-order chi connectivity index (χ0) is 21.0. The van der Waals surface area contributed by atoms with Gasteiger partial charge in [-0.15, -0.1) is 11.3 Å². The van der Waals surface area contributed by atoms with E-state index in [0.717, 1.165) is 36.5 Å². The van der Waals surface area contributed by atoms with Crippen LogP contribution < -0.4 is 5.32 Å². The molecule has 0 bridgehead atoms. The highest BCUT2D eigenvalue weighted by Gasteiger charge is 2.40. The monoisotopic (exact) mass is 423 g/mol. The van der Waals surface area contributed by atoms with Gasteiger partial charge in [-0.05, 0) is 50.6 Å². The normalized spacial score (nSPS) is 16.3. The number of benzene rings is 1. The third-order valence-electron chi connectivity index (χ3n) is 5.86. The van der Waals surface area contributed by atoms with E-state index in [0.29, 0.717) is 24.5 Å². The van der Waals surface area contributed by atoms with Crippen molar-refractivity contribution in [3.8, 4) is 0 Å². The smallest absolute Gasteiger partial charge is 0.271 e. The van der Waals surface area contributed by atoms with E-state index >= 15 is 0 Å². The molecule has 1 aromatic carbocycles. The van der Waals surface area contributed by atoms with E-state index in [9.17, 15) is 9.59 Å². The number of nitrogens with one attached hydrogen (secondary N) is 1. The van der Waals surface area contributed by atoms with Gasteiger partial charge in [0.1, 0.15) is 22.2 Å². The van der Waals surface area contributed by atoms with Crippen molar-refractivity contribution in [3.05, 3.63) is 76.1 Å². The van der Waals surface area contributed by atoms with Crippen LogP contribution in [0.25, 0.3) is 0 Å². The second-order valence-electron chi connectivity index (χ2n) is 7.67. The number of rotatable bonds is 7. The molecule has 0 saturated carbocycles. The van der Waals surface area contributed by atoms with Crippen molar-refractivity contribution in [2.45, 2.75) is 38.3 Å². The Morgan fingerprint density at radius 3 is 2.60 bits per heavy atom. The number of hydrogen-bond acceptors (Lipinski definition) is 6. The van der Waals surface area contributed by atoms with Crippen molar-refractivity contribution in [2.24, 2.45) is 0 Å². The van der Waals surface area contributed by atoms with Crippen molar-refractivity contribution < 1.29 is 14.0 Å². The lowest BCUT2D eigenvalue weighted by molar-refractivity contribution is -0.124. The van der Waals surface area contributed by atoms with Crippen LogP contribution in [-0.2, 0) is 23.3 Å². The highest BCUT2D eigenvalue weighted by atomic mass is 32.1. The number of ketones is 1. The molecule has 1 N–H and O–H groups in total. The van der Waals surface area contributed by atoms with Crippen molar-refractivity contribution in [1.29, 1.82) is 0 Å². The molecule has 1 amide bonds. The van der Waals surface area contributed by atoms with Crippen LogP contribution in [0.2, 0.25) is 0 Å². The third kappa shape index (κ3) is 4.37. The van der Waals surface area contributed by atoms with Crippen LogP contribution in [0.5, 0.6) is 0 Å². The van der Waals surface area contributed by atoms with Crippen LogP contribution in [0, 0.1) is 0 Å². The van der Waals surface area contributed by atoms with Gasteiger partial charge in [0, 0.05) is 5.38 Å². The number of carbonyl (C=O) groups is 2. The van der Waals surface area contributed by atoms with Crippen LogP contribution >= 0.6 is 11.3 Å². The van der Waals surface area contributed by atoms with E-state index in [1.807, 2.05) is 24.3 Å². The van der Waals surface area contributed by atoms with Gasteiger partial charge in [0.2, 0.25) is 0 Å². The highest BCUT2D eigenvalue weighted by molar-refractivity contribution is 7.09. The molecule has 0 aliphatic carbocycles. The Bertz CT molecular complexity index is 990. The number of furan rings is 1. The summed E-state index contributed by atoms with van der Waals surface area (Å²) in [6.45, 7) is 4.40. The number of carbonyl (C=O) groups excluding carboxylic acids is 2. The Hall–Kier alpha value is -2.77. The Balaban J connectivity index is 1.34. The lowest BCUT2D eigenvalue weighted by atomic mass is 9.70. The van der Waals surface area contributed by atoms with Gasteiger partial charge in [-0.25, -0.2) is 4.98 Å². The average Bonchev–Trinajstić information content (AvgIpc) is 3.45. The van der Waals surface area contributed by atoms with Gasteiger partial charge in [-0.2, -0.15) is 0 Å². The highest BCUT2D eigenvalue weighted by Crippen LogP contribution is 2.37. The van der Waals surface area contributed by atoms with Crippen molar-refractivity contribution >= 4 is 23.0 Å². The Morgan fingerprint density at radius 1 is 1.17 bits per heavy atom. The quantitative estimate of drug-likeness (QED) is 0.626. The standard InChI is InChI=1S/C23H25N3O3S/c1-17(27)23(18-6-3-2-4-7-18)9-11-26(12-10-23)15-21-25-20(16-30-21)22(28)24-14-19-8-5-13-29-19/h2-8,13,16H,9-12,14-15H2,1H3,(H,24,28). The summed E-state index contributed by atoms with van der Waals surface area (Å²) in [5.41, 5.74) is 1.15. The fraction of sp³-hybridized carbons (Fsp3) is 0.348. The van der Waals surface area contributed by atoms with Gasteiger partial charge >= 0.3 is 0 Å². The minimum absolute atomic E-state index is 0.202. The molecule has 3 heterocycles. The van der Waals surface area contributed by atoms with Crippen molar-refractivity contribution in [2.75, 3.05) is 13.1 Å². The topological polar surface area (TPSA) is 75.4 Å². The maximum Gasteiger partial charge on any atom is 0.271 e. The van der Waals surface area contributed by atoms with E-state index in [-0.39, 0.29) is 11.7 Å². The summed E-state index contributed by atoms with van der Waals surface area (Å²) in [4.78, 5) is 31.6. The van der Waals surface area contributed by atoms with Gasteiger partial charge in [-0.1, -0.05) is 30.3 Å². The second kappa shape index (κ2) is 8.93. The van der Waals surface area contributed by atoms with Gasteiger partial charge in [-0.3, -0.25) is 14.5 Å². The number of Topliss-reactive ketones (excluding diaryl/α,β-unsaturated/α-hetero) is 1. The Kier molecular flexibility index (Phi) is 6.11. The van der Waals surface area contributed by atoms with E-state index in [2.05, 4.69) is 27.3 Å². The first-order valence-corrected chi connectivity index (χ1v) is 11.0. The second-order valence-corrected chi connectivity index (χ2v) is 8.61. The van der Waals surface area contributed by atoms with E-state index in [4.69, 9.17) is 4.42 Å². The van der Waals surface area contributed by atoms with Crippen LogP contribution in [0.1, 0.15) is 46.6 Å². The lowest BCUT2D eigenvalue weighted by Gasteiger charge is -2.40. The summed E-state index contributed by atoms with van der Waals surface area (Å²) in [5, 5.41) is 5.52. The van der Waals surface area contributed by atoms with Crippen molar-refractivity contribution in [3.63, 3.8) is 0 Å². The first kappa shape index (κ1) is 20.5. The molecule has 6 nitrogen and oxygen atoms in total. The van der Waals surface area contributed by atoms with Gasteiger partial charge in [0.25, 0.3) is 5.91 Å². The minimum Gasteiger partial charge on any atom is -0.467 e.